The Bertz CT molecular complexity index is 777. The fraction of sp³-hybridized carbons (Fsp3) is 0.868. The van der Waals surface area contributed by atoms with Gasteiger partial charge in [-0.1, -0.05) is 128 Å². The topological polar surface area (TPSA) is 117 Å². The van der Waals surface area contributed by atoms with E-state index in [1.54, 1.807) is 0 Å². The van der Waals surface area contributed by atoms with Gasteiger partial charge in [-0.15, -0.1) is 0 Å². The number of carbonyl (C=O) groups is 1. The van der Waals surface area contributed by atoms with Gasteiger partial charge in [-0.05, 0) is 64.2 Å². The van der Waals surface area contributed by atoms with Crippen LogP contribution in [0.15, 0.2) is 24.3 Å². The number of rotatable bonds is 37. The van der Waals surface area contributed by atoms with Crippen molar-refractivity contribution >= 4 is 13.8 Å². The minimum Gasteiger partial charge on any atom is -0.457 e. The lowest BCUT2D eigenvalue weighted by Gasteiger charge is -2.20. The Balaban J connectivity index is 4.08. The highest BCUT2D eigenvalue weighted by atomic mass is 31.2. The molecule has 47 heavy (non-hydrogen) atoms. The van der Waals surface area contributed by atoms with Crippen LogP contribution in [-0.4, -0.2) is 49.9 Å². The third kappa shape index (κ3) is 36.1. The lowest BCUT2D eigenvalue weighted by atomic mass is 10.1. The van der Waals surface area contributed by atoms with E-state index in [1.807, 2.05) is 0 Å². The van der Waals surface area contributed by atoms with E-state index < -0.39 is 13.9 Å². The average Bonchev–Trinajstić information content (AvgIpc) is 3.06. The molecule has 3 N–H and O–H groups in total. The van der Waals surface area contributed by atoms with Crippen LogP contribution in [0.4, 0.5) is 0 Å². The maximum absolute atomic E-state index is 12.5. The summed E-state index contributed by atoms with van der Waals surface area (Å²) in [6.07, 6.45) is 37.6. The van der Waals surface area contributed by atoms with Gasteiger partial charge in [0.2, 0.25) is 0 Å². The summed E-state index contributed by atoms with van der Waals surface area (Å²) in [7, 11) is -4.27. The van der Waals surface area contributed by atoms with E-state index >= 15 is 0 Å². The molecule has 2 unspecified atom stereocenters. The van der Waals surface area contributed by atoms with Crippen molar-refractivity contribution in [3.05, 3.63) is 24.3 Å². The predicted octanol–water partition coefficient (Wildman–Crippen LogP) is 10.9. The fourth-order valence-electron chi connectivity index (χ4n) is 5.22. The van der Waals surface area contributed by atoms with Gasteiger partial charge in [-0.3, -0.25) is 13.8 Å². The van der Waals surface area contributed by atoms with E-state index in [2.05, 4.69) is 38.2 Å². The number of esters is 1. The first-order valence-corrected chi connectivity index (χ1v) is 20.8. The van der Waals surface area contributed by atoms with Crippen LogP contribution >= 0.6 is 7.82 Å². The zero-order chi connectivity index (χ0) is 34.5. The van der Waals surface area contributed by atoms with Gasteiger partial charge in [0.15, 0.2) is 0 Å². The second-order valence-electron chi connectivity index (χ2n) is 12.8. The number of carbonyl (C=O) groups excluding carboxylic acids is 1. The summed E-state index contributed by atoms with van der Waals surface area (Å²) in [6.45, 7) is 4.87. The van der Waals surface area contributed by atoms with Crippen molar-refractivity contribution in [2.24, 2.45) is 5.73 Å². The molecule has 0 radical (unpaired) electrons. The summed E-state index contributed by atoms with van der Waals surface area (Å²) in [5.74, 6) is -0.342. The van der Waals surface area contributed by atoms with Crippen molar-refractivity contribution in [2.75, 3.05) is 33.0 Å². The van der Waals surface area contributed by atoms with Crippen LogP contribution in [0.25, 0.3) is 0 Å². The Morgan fingerprint density at radius 3 is 1.60 bits per heavy atom. The molecule has 0 aliphatic heterocycles. The Labute approximate surface area is 289 Å². The highest BCUT2D eigenvalue weighted by Crippen LogP contribution is 2.43. The molecule has 0 aromatic heterocycles. The van der Waals surface area contributed by atoms with Crippen molar-refractivity contribution in [1.29, 1.82) is 0 Å². The number of hydrogen-bond donors (Lipinski definition) is 2. The van der Waals surface area contributed by atoms with Crippen LogP contribution in [0.5, 0.6) is 0 Å². The molecule has 8 nitrogen and oxygen atoms in total. The summed E-state index contributed by atoms with van der Waals surface area (Å²) in [4.78, 5) is 22.3. The third-order valence-corrected chi connectivity index (χ3v) is 9.08. The molecule has 0 aliphatic carbocycles. The monoisotopic (exact) mass is 688 g/mol. The molecule has 0 saturated heterocycles. The standard InChI is InChI=1S/C38H74NO7P/c1-3-5-7-9-11-13-15-17-18-19-20-22-24-26-28-30-33-43-35-37(36-45-47(41,42)44-34-32-39)46-38(40)31-29-27-25-23-21-16-14-12-10-8-6-4-2/h12,14,17-18,37H,3-11,13,15-16,19-36,39H2,1-2H3,(H,41,42)/b14-12-,18-17-. The second-order valence-corrected chi connectivity index (χ2v) is 14.2. The van der Waals surface area contributed by atoms with Gasteiger partial charge >= 0.3 is 13.8 Å². The van der Waals surface area contributed by atoms with Crippen molar-refractivity contribution in [1.82, 2.24) is 0 Å². The summed E-state index contributed by atoms with van der Waals surface area (Å²) < 4.78 is 33.3. The first-order chi connectivity index (χ1) is 22.9. The van der Waals surface area contributed by atoms with E-state index in [4.69, 9.17) is 24.3 Å². The number of hydrogen-bond acceptors (Lipinski definition) is 7. The summed E-state index contributed by atoms with van der Waals surface area (Å²) in [5, 5.41) is 0. The molecule has 2 atom stereocenters. The second kappa shape index (κ2) is 36.3. The maximum Gasteiger partial charge on any atom is 0.472 e. The molecule has 0 aromatic rings. The molecule has 0 amide bonds. The number of ether oxygens (including phenoxy) is 2. The van der Waals surface area contributed by atoms with Gasteiger partial charge in [0.25, 0.3) is 0 Å². The molecule has 0 bridgehead atoms. The normalized spacial score (nSPS) is 13.9. The van der Waals surface area contributed by atoms with E-state index in [1.165, 1.54) is 109 Å². The van der Waals surface area contributed by atoms with Crippen LogP contribution in [-0.2, 0) is 27.9 Å². The van der Waals surface area contributed by atoms with Crippen LogP contribution in [0.2, 0.25) is 0 Å². The van der Waals surface area contributed by atoms with Crippen LogP contribution < -0.4 is 5.73 Å². The molecule has 0 aliphatic rings. The molecular weight excluding hydrogens is 613 g/mol. The molecule has 0 aromatic carbocycles. The van der Waals surface area contributed by atoms with Crippen LogP contribution in [0, 0.1) is 0 Å². The van der Waals surface area contributed by atoms with Crippen LogP contribution in [0.3, 0.4) is 0 Å². The van der Waals surface area contributed by atoms with Gasteiger partial charge in [0, 0.05) is 19.6 Å². The van der Waals surface area contributed by atoms with Gasteiger partial charge in [0.05, 0.1) is 19.8 Å². The number of phosphoric ester groups is 1. The summed E-state index contributed by atoms with van der Waals surface area (Å²) in [6, 6.07) is 0. The smallest absolute Gasteiger partial charge is 0.457 e. The van der Waals surface area contributed by atoms with Gasteiger partial charge < -0.3 is 20.1 Å². The maximum atomic E-state index is 12.5. The number of unbranched alkanes of at least 4 members (excludes halogenated alkanes) is 20. The predicted molar refractivity (Wildman–Crippen MR) is 197 cm³/mol. The Hall–Kier alpha value is -1.02. The molecular formula is C38H74NO7P. The molecule has 278 valence electrons. The summed E-state index contributed by atoms with van der Waals surface area (Å²) in [5.41, 5.74) is 5.35. The number of nitrogens with two attached hydrogens (primary N) is 1. The minimum atomic E-state index is -4.27. The summed E-state index contributed by atoms with van der Waals surface area (Å²) >= 11 is 0. The zero-order valence-electron chi connectivity index (χ0n) is 30.5. The molecule has 0 saturated carbocycles. The van der Waals surface area contributed by atoms with Gasteiger partial charge in [0.1, 0.15) is 6.10 Å². The van der Waals surface area contributed by atoms with E-state index in [0.717, 1.165) is 44.9 Å². The minimum absolute atomic E-state index is 0.0973. The Morgan fingerprint density at radius 1 is 0.617 bits per heavy atom. The SMILES string of the molecule is CCCCC/C=C\CCCCCCCC(=O)OC(COCCCCCCCC/C=C\CCCCCCCC)COP(=O)(O)OCCN. The molecule has 0 fully saturated rings. The van der Waals surface area contributed by atoms with E-state index in [-0.39, 0.29) is 32.3 Å². The highest BCUT2D eigenvalue weighted by molar-refractivity contribution is 7.47. The Morgan fingerprint density at radius 2 is 1.06 bits per heavy atom. The highest BCUT2D eigenvalue weighted by Gasteiger charge is 2.25. The van der Waals surface area contributed by atoms with Crippen LogP contribution in [0.1, 0.15) is 174 Å². The van der Waals surface area contributed by atoms with Crippen molar-refractivity contribution in [2.45, 2.75) is 180 Å². The van der Waals surface area contributed by atoms with Crippen molar-refractivity contribution < 1.29 is 32.8 Å². The zero-order valence-corrected chi connectivity index (χ0v) is 31.4. The Kier molecular flexibility index (Phi) is 35.5. The number of allylic oxidation sites excluding steroid dienone is 4. The van der Waals surface area contributed by atoms with Gasteiger partial charge in [-0.2, -0.15) is 0 Å². The largest absolute Gasteiger partial charge is 0.472 e. The third-order valence-electron chi connectivity index (χ3n) is 8.09. The van der Waals surface area contributed by atoms with Crippen molar-refractivity contribution in [3.63, 3.8) is 0 Å². The molecule has 9 heteroatoms. The first-order valence-electron chi connectivity index (χ1n) is 19.3. The van der Waals surface area contributed by atoms with E-state index in [0.29, 0.717) is 13.0 Å². The van der Waals surface area contributed by atoms with Gasteiger partial charge in [-0.25, -0.2) is 4.57 Å². The molecule has 0 heterocycles. The quantitative estimate of drug-likeness (QED) is 0.0287. The average molecular weight is 688 g/mol. The lowest BCUT2D eigenvalue weighted by Crippen LogP contribution is -2.28. The lowest BCUT2D eigenvalue weighted by molar-refractivity contribution is -0.154. The molecule has 0 rings (SSSR count). The van der Waals surface area contributed by atoms with E-state index in [9.17, 15) is 14.3 Å². The molecule has 0 spiro atoms. The fourth-order valence-corrected chi connectivity index (χ4v) is 5.99. The van der Waals surface area contributed by atoms with Crippen molar-refractivity contribution in [3.8, 4) is 0 Å². The number of phosphoric acid groups is 1. The first kappa shape index (κ1) is 46.0.